The summed E-state index contributed by atoms with van der Waals surface area (Å²) in [6, 6.07) is 4.88. The van der Waals surface area contributed by atoms with Gasteiger partial charge in [-0.25, -0.2) is 13.2 Å². The van der Waals surface area contributed by atoms with E-state index in [0.29, 0.717) is 6.92 Å². The molecule has 0 aliphatic heterocycles. The molecule has 1 rings (SSSR count). The standard InChI is InChI=1S/C12H14F3NO4S/c1-3-21(19,20)9-7-5-4-6-8(9)16-11(2,10(17)18)12(13,14)15/h4-7,16H,3H2,1-2H3,(H,17,18). The van der Waals surface area contributed by atoms with Gasteiger partial charge in [-0.3, -0.25) is 0 Å². The van der Waals surface area contributed by atoms with Gasteiger partial charge in [-0.05, 0) is 19.1 Å². The third-order valence-electron chi connectivity index (χ3n) is 2.98. The summed E-state index contributed by atoms with van der Waals surface area (Å²) in [7, 11) is -3.80. The van der Waals surface area contributed by atoms with Crippen LogP contribution in [0.5, 0.6) is 0 Å². The van der Waals surface area contributed by atoms with E-state index in [1.807, 2.05) is 0 Å². The van der Waals surface area contributed by atoms with Gasteiger partial charge in [0.05, 0.1) is 16.3 Å². The zero-order valence-corrected chi connectivity index (χ0v) is 12.0. The third-order valence-corrected chi connectivity index (χ3v) is 4.77. The van der Waals surface area contributed by atoms with E-state index in [0.717, 1.165) is 12.1 Å². The Morgan fingerprint density at radius 3 is 2.24 bits per heavy atom. The molecular weight excluding hydrogens is 311 g/mol. The van der Waals surface area contributed by atoms with E-state index in [-0.39, 0.29) is 10.6 Å². The summed E-state index contributed by atoms with van der Waals surface area (Å²) in [5.74, 6) is -2.47. The molecule has 0 amide bonds. The first-order valence-electron chi connectivity index (χ1n) is 5.86. The number of halogens is 3. The average Bonchev–Trinajstić information content (AvgIpc) is 2.37. The number of anilines is 1. The van der Waals surface area contributed by atoms with Crippen LogP contribution in [0.25, 0.3) is 0 Å². The van der Waals surface area contributed by atoms with E-state index >= 15 is 0 Å². The van der Waals surface area contributed by atoms with E-state index < -0.39 is 33.2 Å². The molecule has 0 radical (unpaired) electrons. The van der Waals surface area contributed by atoms with Crippen molar-refractivity contribution >= 4 is 21.5 Å². The summed E-state index contributed by atoms with van der Waals surface area (Å²) < 4.78 is 62.6. The first kappa shape index (κ1) is 17.3. The number of hydrogen-bond donors (Lipinski definition) is 2. The molecule has 0 heterocycles. The van der Waals surface area contributed by atoms with Crippen molar-refractivity contribution in [3.8, 4) is 0 Å². The quantitative estimate of drug-likeness (QED) is 0.868. The first-order valence-corrected chi connectivity index (χ1v) is 7.51. The molecule has 9 heteroatoms. The van der Waals surface area contributed by atoms with Crippen molar-refractivity contribution in [3.05, 3.63) is 24.3 Å². The number of rotatable bonds is 5. The Morgan fingerprint density at radius 2 is 1.81 bits per heavy atom. The van der Waals surface area contributed by atoms with Crippen molar-refractivity contribution in [2.24, 2.45) is 0 Å². The van der Waals surface area contributed by atoms with Gasteiger partial charge in [-0.2, -0.15) is 13.2 Å². The fourth-order valence-electron chi connectivity index (χ4n) is 1.51. The summed E-state index contributed by atoms with van der Waals surface area (Å²) in [6.07, 6.45) is -5.11. The Labute approximate surface area is 119 Å². The van der Waals surface area contributed by atoms with Crippen LogP contribution in [-0.4, -0.2) is 37.0 Å². The Bertz CT molecular complexity index is 642. The van der Waals surface area contributed by atoms with Crippen LogP contribution in [-0.2, 0) is 14.6 Å². The Morgan fingerprint density at radius 1 is 1.29 bits per heavy atom. The van der Waals surface area contributed by atoms with Crippen molar-refractivity contribution in [3.63, 3.8) is 0 Å². The lowest BCUT2D eigenvalue weighted by molar-refractivity contribution is -0.192. The van der Waals surface area contributed by atoms with Crippen LogP contribution < -0.4 is 5.32 Å². The van der Waals surface area contributed by atoms with Crippen LogP contribution in [0.2, 0.25) is 0 Å². The monoisotopic (exact) mass is 325 g/mol. The molecule has 118 valence electrons. The van der Waals surface area contributed by atoms with Crippen molar-refractivity contribution < 1.29 is 31.5 Å². The third kappa shape index (κ3) is 3.29. The van der Waals surface area contributed by atoms with Gasteiger partial charge >= 0.3 is 12.1 Å². The topological polar surface area (TPSA) is 83.5 Å². The van der Waals surface area contributed by atoms with Gasteiger partial charge in [0.2, 0.25) is 5.54 Å². The van der Waals surface area contributed by atoms with Crippen LogP contribution in [0.15, 0.2) is 29.2 Å². The lowest BCUT2D eigenvalue weighted by Crippen LogP contribution is -2.55. The molecule has 21 heavy (non-hydrogen) atoms. The number of alkyl halides is 3. The maximum absolute atomic E-state index is 13.0. The predicted octanol–water partition coefficient (Wildman–Crippen LogP) is 2.30. The molecule has 5 nitrogen and oxygen atoms in total. The van der Waals surface area contributed by atoms with Gasteiger partial charge in [0.1, 0.15) is 0 Å². The molecule has 0 aliphatic carbocycles. The lowest BCUT2D eigenvalue weighted by atomic mass is 10.0. The fraction of sp³-hybridized carbons (Fsp3) is 0.417. The second-order valence-electron chi connectivity index (χ2n) is 4.45. The van der Waals surface area contributed by atoms with E-state index in [4.69, 9.17) is 5.11 Å². The number of carboxylic acids is 1. The maximum Gasteiger partial charge on any atom is 0.422 e. The molecule has 0 saturated carbocycles. The van der Waals surface area contributed by atoms with Crippen molar-refractivity contribution in [2.45, 2.75) is 30.5 Å². The van der Waals surface area contributed by atoms with E-state index in [2.05, 4.69) is 0 Å². The number of carboxylic acid groups (broad SMARTS) is 1. The van der Waals surface area contributed by atoms with Crippen LogP contribution in [0, 0.1) is 0 Å². The number of hydrogen-bond acceptors (Lipinski definition) is 4. The highest BCUT2D eigenvalue weighted by atomic mass is 32.2. The van der Waals surface area contributed by atoms with Crippen molar-refractivity contribution in [1.82, 2.24) is 0 Å². The highest BCUT2D eigenvalue weighted by Crippen LogP contribution is 2.35. The summed E-state index contributed by atoms with van der Waals surface area (Å²) in [5.41, 5.74) is -3.70. The fourth-order valence-corrected chi connectivity index (χ4v) is 2.56. The van der Waals surface area contributed by atoms with E-state index in [9.17, 15) is 26.4 Å². The second kappa shape index (κ2) is 5.55. The van der Waals surface area contributed by atoms with Crippen LogP contribution in [0.3, 0.4) is 0 Å². The maximum atomic E-state index is 13.0. The van der Waals surface area contributed by atoms with E-state index in [1.165, 1.54) is 19.1 Å². The lowest BCUT2D eigenvalue weighted by Gasteiger charge is -2.30. The van der Waals surface area contributed by atoms with Gasteiger partial charge in [0.25, 0.3) is 0 Å². The van der Waals surface area contributed by atoms with Gasteiger partial charge in [0.15, 0.2) is 9.84 Å². The SMILES string of the molecule is CCS(=O)(=O)c1ccccc1NC(C)(C(=O)O)C(F)(F)F. The Hall–Kier alpha value is -1.77. The molecule has 0 bridgehead atoms. The number of para-hydroxylation sites is 1. The van der Waals surface area contributed by atoms with Crippen LogP contribution in [0.4, 0.5) is 18.9 Å². The first-order chi connectivity index (χ1) is 9.45. The zero-order valence-electron chi connectivity index (χ0n) is 11.2. The number of sulfone groups is 1. The largest absolute Gasteiger partial charge is 0.479 e. The molecule has 0 aliphatic rings. The number of aliphatic carboxylic acids is 1. The molecule has 0 fully saturated rings. The normalized spacial score (nSPS) is 15.3. The van der Waals surface area contributed by atoms with Gasteiger partial charge in [-0.1, -0.05) is 19.1 Å². The van der Waals surface area contributed by atoms with Gasteiger partial charge in [-0.15, -0.1) is 0 Å². The molecule has 0 saturated heterocycles. The highest BCUT2D eigenvalue weighted by Gasteiger charge is 2.57. The number of nitrogens with one attached hydrogen (secondary N) is 1. The summed E-state index contributed by atoms with van der Waals surface area (Å²) in [5, 5.41) is 10.6. The second-order valence-corrected chi connectivity index (χ2v) is 6.70. The van der Waals surface area contributed by atoms with Gasteiger partial charge < -0.3 is 10.4 Å². The zero-order chi connectivity index (χ0) is 16.5. The highest BCUT2D eigenvalue weighted by molar-refractivity contribution is 7.91. The minimum absolute atomic E-state index is 0.318. The van der Waals surface area contributed by atoms with E-state index in [1.54, 1.807) is 5.32 Å². The number of carbonyl (C=O) groups is 1. The predicted molar refractivity (Wildman–Crippen MR) is 69.9 cm³/mol. The smallest absolute Gasteiger partial charge is 0.422 e. The molecular formula is C12H14F3NO4S. The average molecular weight is 325 g/mol. The molecule has 1 atom stereocenters. The summed E-state index contributed by atoms with van der Waals surface area (Å²) in [4.78, 5) is 10.6. The molecule has 0 aromatic heterocycles. The minimum Gasteiger partial charge on any atom is -0.479 e. The minimum atomic E-state index is -5.11. The molecule has 1 unspecified atom stereocenters. The Kier molecular flexibility index (Phi) is 4.57. The van der Waals surface area contributed by atoms with Crippen molar-refractivity contribution in [1.29, 1.82) is 0 Å². The summed E-state index contributed by atoms with van der Waals surface area (Å²) >= 11 is 0. The van der Waals surface area contributed by atoms with Gasteiger partial charge in [0, 0.05) is 0 Å². The molecule has 2 N–H and O–H groups in total. The van der Waals surface area contributed by atoms with Crippen LogP contribution in [0.1, 0.15) is 13.8 Å². The molecule has 1 aromatic carbocycles. The summed E-state index contributed by atoms with van der Waals surface area (Å²) in [6.45, 7) is 1.77. The molecule has 1 aromatic rings. The van der Waals surface area contributed by atoms with Crippen molar-refractivity contribution in [2.75, 3.05) is 11.1 Å². The molecule has 0 spiro atoms. The Balaban J connectivity index is 3.41. The van der Waals surface area contributed by atoms with Crippen LogP contribution >= 0.6 is 0 Å². The number of benzene rings is 1.